The van der Waals surface area contributed by atoms with Gasteiger partial charge in [0.15, 0.2) is 0 Å². The van der Waals surface area contributed by atoms with Crippen LogP contribution in [0.15, 0.2) is 18.2 Å². The lowest BCUT2D eigenvalue weighted by molar-refractivity contribution is 0.0601. The summed E-state index contributed by atoms with van der Waals surface area (Å²) in [5.41, 5.74) is 1.04. The minimum atomic E-state index is -0.405. The first-order valence-electron chi connectivity index (χ1n) is 5.39. The number of hydrogen-bond donors (Lipinski definition) is 1. The van der Waals surface area contributed by atoms with Gasteiger partial charge in [0.25, 0.3) is 0 Å². The van der Waals surface area contributed by atoms with Crippen LogP contribution in [-0.2, 0) is 4.74 Å². The van der Waals surface area contributed by atoms with Gasteiger partial charge in [0.2, 0.25) is 0 Å². The first-order chi connectivity index (χ1) is 7.74. The Morgan fingerprint density at radius 3 is 2.69 bits per heavy atom. The Morgan fingerprint density at radius 1 is 1.38 bits per heavy atom. The number of benzene rings is 1. The number of carbonyl (C=O) groups excluding carboxylic acids is 1. The molecule has 1 saturated heterocycles. The third-order valence-corrected chi connectivity index (χ3v) is 2.84. The molecule has 1 fully saturated rings. The van der Waals surface area contributed by atoms with Gasteiger partial charge in [0.1, 0.15) is 5.75 Å². The fourth-order valence-electron chi connectivity index (χ4n) is 2.08. The molecule has 16 heavy (non-hydrogen) atoms. The van der Waals surface area contributed by atoms with Gasteiger partial charge in [-0.15, -0.1) is 0 Å². The van der Waals surface area contributed by atoms with Gasteiger partial charge in [0.05, 0.1) is 18.4 Å². The van der Waals surface area contributed by atoms with E-state index in [1.54, 1.807) is 18.2 Å². The summed E-state index contributed by atoms with van der Waals surface area (Å²) in [6.45, 7) is 1.75. The van der Waals surface area contributed by atoms with Crippen LogP contribution in [0.4, 0.5) is 5.69 Å². The van der Waals surface area contributed by atoms with Crippen molar-refractivity contribution >= 4 is 11.7 Å². The summed E-state index contributed by atoms with van der Waals surface area (Å²) in [5.74, 6) is -0.261. The highest BCUT2D eigenvalue weighted by Crippen LogP contribution is 2.33. The summed E-state index contributed by atoms with van der Waals surface area (Å²) in [6, 6.07) is 4.93. The van der Waals surface area contributed by atoms with E-state index in [9.17, 15) is 9.90 Å². The highest BCUT2D eigenvalue weighted by atomic mass is 16.5. The van der Waals surface area contributed by atoms with Gasteiger partial charge in [0, 0.05) is 13.1 Å². The number of carbonyl (C=O) groups is 1. The molecule has 1 heterocycles. The van der Waals surface area contributed by atoms with Crippen molar-refractivity contribution in [2.45, 2.75) is 12.8 Å². The van der Waals surface area contributed by atoms with Crippen LogP contribution in [0.2, 0.25) is 0 Å². The van der Waals surface area contributed by atoms with Crippen LogP contribution in [-0.4, -0.2) is 31.3 Å². The van der Waals surface area contributed by atoms with E-state index in [1.165, 1.54) is 7.11 Å². The lowest BCUT2D eigenvalue weighted by atomic mass is 10.1. The lowest BCUT2D eigenvalue weighted by Gasteiger charge is -2.21. The third-order valence-electron chi connectivity index (χ3n) is 2.84. The van der Waals surface area contributed by atoms with Gasteiger partial charge in [-0.3, -0.25) is 0 Å². The topological polar surface area (TPSA) is 49.8 Å². The summed E-state index contributed by atoms with van der Waals surface area (Å²) < 4.78 is 4.71. The fraction of sp³-hybridized carbons (Fsp3) is 0.417. The molecule has 0 radical (unpaired) electrons. The molecule has 1 aromatic rings. The molecular formula is C12H15NO3. The zero-order chi connectivity index (χ0) is 11.5. The molecule has 4 heteroatoms. The number of ether oxygens (including phenoxy) is 1. The molecule has 0 unspecified atom stereocenters. The largest absolute Gasteiger partial charge is 0.506 e. The number of hydrogen-bond acceptors (Lipinski definition) is 4. The number of aromatic hydroxyl groups is 1. The van der Waals surface area contributed by atoms with Crippen LogP contribution in [0, 0.1) is 0 Å². The van der Waals surface area contributed by atoms with E-state index in [4.69, 9.17) is 4.74 Å². The smallest absolute Gasteiger partial charge is 0.340 e. The monoisotopic (exact) mass is 221 g/mol. The van der Waals surface area contributed by atoms with Crippen molar-refractivity contribution in [2.75, 3.05) is 25.1 Å². The van der Waals surface area contributed by atoms with E-state index < -0.39 is 5.97 Å². The van der Waals surface area contributed by atoms with Gasteiger partial charge < -0.3 is 14.7 Å². The zero-order valence-electron chi connectivity index (χ0n) is 9.27. The quantitative estimate of drug-likeness (QED) is 0.773. The zero-order valence-corrected chi connectivity index (χ0v) is 9.27. The lowest BCUT2D eigenvalue weighted by Crippen LogP contribution is -2.21. The van der Waals surface area contributed by atoms with Gasteiger partial charge in [-0.25, -0.2) is 4.79 Å². The SMILES string of the molecule is COC(=O)c1cccc(O)c1N1CCCC1. The van der Waals surface area contributed by atoms with Crippen molar-refractivity contribution in [3.8, 4) is 5.75 Å². The summed E-state index contributed by atoms with van der Waals surface area (Å²) in [5, 5.41) is 9.85. The fourth-order valence-corrected chi connectivity index (χ4v) is 2.08. The number of rotatable bonds is 2. The molecule has 1 aromatic carbocycles. The molecule has 0 aliphatic carbocycles. The van der Waals surface area contributed by atoms with E-state index in [0.29, 0.717) is 11.3 Å². The van der Waals surface area contributed by atoms with E-state index in [1.807, 2.05) is 4.90 Å². The molecule has 0 spiro atoms. The van der Waals surface area contributed by atoms with E-state index in [0.717, 1.165) is 25.9 Å². The molecule has 86 valence electrons. The summed E-state index contributed by atoms with van der Waals surface area (Å²) in [7, 11) is 1.35. The van der Waals surface area contributed by atoms with E-state index in [2.05, 4.69) is 0 Å². The Morgan fingerprint density at radius 2 is 2.06 bits per heavy atom. The molecule has 1 aliphatic rings. The van der Waals surface area contributed by atoms with Crippen LogP contribution >= 0.6 is 0 Å². The van der Waals surface area contributed by atoms with Gasteiger partial charge in [-0.2, -0.15) is 0 Å². The predicted octanol–water partition coefficient (Wildman–Crippen LogP) is 1.78. The maximum Gasteiger partial charge on any atom is 0.340 e. The average Bonchev–Trinajstić information content (AvgIpc) is 2.81. The molecule has 0 aromatic heterocycles. The molecule has 0 saturated carbocycles. The highest BCUT2D eigenvalue weighted by molar-refractivity contribution is 5.97. The molecule has 2 rings (SSSR count). The number of methoxy groups -OCH3 is 1. The number of phenolic OH excluding ortho intramolecular Hbond substituents is 1. The van der Waals surface area contributed by atoms with Crippen LogP contribution in [0.25, 0.3) is 0 Å². The molecule has 1 N–H and O–H groups in total. The minimum Gasteiger partial charge on any atom is -0.506 e. The van der Waals surface area contributed by atoms with Crippen LogP contribution in [0.5, 0.6) is 5.75 Å². The number of anilines is 1. The van der Waals surface area contributed by atoms with Crippen molar-refractivity contribution in [2.24, 2.45) is 0 Å². The maximum atomic E-state index is 11.6. The molecule has 1 aliphatic heterocycles. The van der Waals surface area contributed by atoms with E-state index in [-0.39, 0.29) is 5.75 Å². The Balaban J connectivity index is 2.43. The molecular weight excluding hydrogens is 206 g/mol. The van der Waals surface area contributed by atoms with Gasteiger partial charge >= 0.3 is 5.97 Å². The predicted molar refractivity (Wildman–Crippen MR) is 60.9 cm³/mol. The Labute approximate surface area is 94.4 Å². The van der Waals surface area contributed by atoms with Crippen molar-refractivity contribution in [3.05, 3.63) is 23.8 Å². The first-order valence-corrected chi connectivity index (χ1v) is 5.39. The number of phenols is 1. The summed E-state index contributed by atoms with van der Waals surface area (Å²) in [6.07, 6.45) is 2.18. The van der Waals surface area contributed by atoms with Gasteiger partial charge in [-0.05, 0) is 25.0 Å². The summed E-state index contributed by atoms with van der Waals surface area (Å²) >= 11 is 0. The molecule has 4 nitrogen and oxygen atoms in total. The molecule has 0 atom stereocenters. The van der Waals surface area contributed by atoms with Crippen molar-refractivity contribution in [1.29, 1.82) is 0 Å². The maximum absolute atomic E-state index is 11.6. The first kappa shape index (κ1) is 10.8. The second kappa shape index (κ2) is 4.43. The third kappa shape index (κ3) is 1.83. The summed E-state index contributed by atoms with van der Waals surface area (Å²) in [4.78, 5) is 13.6. The molecule has 0 amide bonds. The average molecular weight is 221 g/mol. The van der Waals surface area contributed by atoms with Gasteiger partial charge in [-0.1, -0.05) is 6.07 Å². The Kier molecular flexibility index (Phi) is 2.99. The standard InChI is InChI=1S/C12H15NO3/c1-16-12(15)9-5-4-6-10(14)11(9)13-7-2-3-8-13/h4-6,14H,2-3,7-8H2,1H3. The van der Waals surface area contributed by atoms with Crippen molar-refractivity contribution in [1.82, 2.24) is 0 Å². The second-order valence-electron chi connectivity index (χ2n) is 3.86. The van der Waals surface area contributed by atoms with Crippen LogP contribution < -0.4 is 4.90 Å². The van der Waals surface area contributed by atoms with Crippen molar-refractivity contribution in [3.63, 3.8) is 0 Å². The molecule has 0 bridgehead atoms. The number of nitrogens with zero attached hydrogens (tertiary/aromatic N) is 1. The highest BCUT2D eigenvalue weighted by Gasteiger charge is 2.22. The van der Waals surface area contributed by atoms with Crippen LogP contribution in [0.1, 0.15) is 23.2 Å². The van der Waals surface area contributed by atoms with Crippen LogP contribution in [0.3, 0.4) is 0 Å². The number of esters is 1. The Hall–Kier alpha value is -1.71. The number of para-hydroxylation sites is 1. The normalized spacial score (nSPS) is 15.2. The minimum absolute atomic E-state index is 0.143. The second-order valence-corrected chi connectivity index (χ2v) is 3.86. The van der Waals surface area contributed by atoms with Crippen molar-refractivity contribution < 1.29 is 14.6 Å². The van der Waals surface area contributed by atoms with E-state index >= 15 is 0 Å². The Bertz CT molecular complexity index is 397.